The highest BCUT2D eigenvalue weighted by atomic mass is 16.4. The van der Waals surface area contributed by atoms with E-state index in [4.69, 9.17) is 11.5 Å². The molecule has 1 aliphatic rings. The second-order valence-electron chi connectivity index (χ2n) is 6.89. The highest BCUT2D eigenvalue weighted by molar-refractivity contribution is 5.95. The van der Waals surface area contributed by atoms with Crippen molar-refractivity contribution in [1.29, 1.82) is 0 Å². The minimum atomic E-state index is -1.21. The number of nitrogens with one attached hydrogen (secondary N) is 1. The lowest BCUT2D eigenvalue weighted by molar-refractivity contribution is -0.152. The molecule has 0 spiro atoms. The number of aliphatic carboxylic acids is 1. The number of nitrogens with two attached hydrogens (primary N) is 2. The summed E-state index contributed by atoms with van der Waals surface area (Å²) < 4.78 is 0. The molecule has 1 saturated heterocycles. The molecule has 1 aromatic carbocycles. The molecule has 162 valence electrons. The van der Waals surface area contributed by atoms with Gasteiger partial charge >= 0.3 is 5.97 Å². The zero-order valence-corrected chi connectivity index (χ0v) is 16.5. The number of carbonyl (C=O) groups excluding carboxylic acids is 3. The van der Waals surface area contributed by atoms with Crippen molar-refractivity contribution < 1.29 is 24.3 Å². The van der Waals surface area contributed by atoms with Crippen LogP contribution in [0.3, 0.4) is 0 Å². The predicted molar refractivity (Wildman–Crippen MR) is 108 cm³/mol. The number of amides is 3. The fourth-order valence-corrected chi connectivity index (χ4v) is 2.97. The Morgan fingerprint density at radius 1 is 1.10 bits per heavy atom. The Balaban J connectivity index is 1.85. The first-order chi connectivity index (χ1) is 14.3. The summed E-state index contributed by atoms with van der Waals surface area (Å²) in [6.07, 6.45) is 0.473. The number of carboxylic acid groups (broad SMARTS) is 1. The molecule has 0 aromatic heterocycles. The monoisotopic (exact) mass is 418 g/mol. The van der Waals surface area contributed by atoms with Crippen LogP contribution in [0.15, 0.2) is 35.3 Å². The van der Waals surface area contributed by atoms with Crippen molar-refractivity contribution in [3.8, 4) is 0 Å². The molecule has 3 amide bonds. The van der Waals surface area contributed by atoms with Crippen molar-refractivity contribution in [3.63, 3.8) is 0 Å². The van der Waals surface area contributed by atoms with Crippen LogP contribution in [0.5, 0.6) is 0 Å². The van der Waals surface area contributed by atoms with E-state index in [9.17, 15) is 24.3 Å². The molecule has 1 heterocycles. The van der Waals surface area contributed by atoms with E-state index in [-0.39, 0.29) is 50.4 Å². The molecular formula is C19H26N6O5. The zero-order valence-electron chi connectivity index (χ0n) is 16.5. The van der Waals surface area contributed by atoms with Crippen LogP contribution in [0.4, 0.5) is 0 Å². The summed E-state index contributed by atoms with van der Waals surface area (Å²) in [6, 6.07) is 8.12. The van der Waals surface area contributed by atoms with Gasteiger partial charge in [-0.25, -0.2) is 4.79 Å². The number of carboxylic acids is 1. The third-order valence-electron chi connectivity index (χ3n) is 4.49. The number of hydrogen-bond acceptors (Lipinski definition) is 5. The van der Waals surface area contributed by atoms with E-state index in [1.54, 1.807) is 0 Å². The van der Waals surface area contributed by atoms with Crippen LogP contribution in [-0.4, -0.2) is 76.8 Å². The average Bonchev–Trinajstić information content (AvgIpc) is 2.68. The van der Waals surface area contributed by atoms with Gasteiger partial charge in [-0.05, 0) is 18.4 Å². The van der Waals surface area contributed by atoms with E-state index in [1.165, 1.54) is 4.90 Å². The SMILES string of the molecule is NC(N)=NCCC[C@H](NC(=O)CN1CC(=O)N(Cc2ccccc2)CC1=O)C(=O)O. The normalized spacial score (nSPS) is 14.9. The maximum Gasteiger partial charge on any atom is 0.326 e. The Labute approximate surface area is 173 Å². The van der Waals surface area contributed by atoms with Crippen molar-refractivity contribution >= 4 is 29.7 Å². The zero-order chi connectivity index (χ0) is 22.1. The molecule has 1 atom stereocenters. The van der Waals surface area contributed by atoms with Gasteiger partial charge in [0.15, 0.2) is 5.96 Å². The Morgan fingerprint density at radius 2 is 1.73 bits per heavy atom. The topological polar surface area (TPSA) is 171 Å². The second kappa shape index (κ2) is 10.8. The summed E-state index contributed by atoms with van der Waals surface area (Å²) in [6.45, 7) is -0.217. The Morgan fingerprint density at radius 3 is 2.37 bits per heavy atom. The molecule has 1 aliphatic heterocycles. The van der Waals surface area contributed by atoms with E-state index >= 15 is 0 Å². The Hall–Kier alpha value is -3.63. The minimum absolute atomic E-state index is 0.0968. The molecule has 0 saturated carbocycles. The van der Waals surface area contributed by atoms with E-state index in [0.29, 0.717) is 13.0 Å². The lowest BCUT2D eigenvalue weighted by Crippen LogP contribution is -2.56. The number of aliphatic imine (C=N–C) groups is 1. The van der Waals surface area contributed by atoms with Gasteiger partial charge in [-0.1, -0.05) is 30.3 Å². The number of nitrogens with zero attached hydrogens (tertiary/aromatic N) is 3. The van der Waals surface area contributed by atoms with Crippen LogP contribution in [-0.2, 0) is 25.7 Å². The standard InChI is InChI=1S/C19H26N6O5/c20-19(21)22-8-4-7-14(18(29)30)23-15(26)10-25-12-16(27)24(11-17(25)28)9-13-5-2-1-3-6-13/h1-3,5-6,14H,4,7-12H2,(H,23,26)(H,29,30)(H4,20,21,22)/t14-/m0/s1. The lowest BCUT2D eigenvalue weighted by Gasteiger charge is -2.33. The minimum Gasteiger partial charge on any atom is -0.480 e. The van der Waals surface area contributed by atoms with Gasteiger partial charge in [0.1, 0.15) is 25.7 Å². The van der Waals surface area contributed by atoms with Crippen molar-refractivity contribution in [1.82, 2.24) is 15.1 Å². The van der Waals surface area contributed by atoms with Crippen molar-refractivity contribution in [2.75, 3.05) is 26.2 Å². The molecule has 1 aromatic rings. The van der Waals surface area contributed by atoms with Gasteiger partial charge in [-0.15, -0.1) is 0 Å². The lowest BCUT2D eigenvalue weighted by atomic mass is 10.1. The van der Waals surface area contributed by atoms with E-state index in [0.717, 1.165) is 10.5 Å². The smallest absolute Gasteiger partial charge is 0.326 e. The van der Waals surface area contributed by atoms with E-state index in [2.05, 4.69) is 10.3 Å². The summed E-state index contributed by atoms with van der Waals surface area (Å²) in [4.78, 5) is 54.6. The molecule has 0 unspecified atom stereocenters. The third-order valence-corrected chi connectivity index (χ3v) is 4.49. The van der Waals surface area contributed by atoms with Crippen LogP contribution in [0.1, 0.15) is 18.4 Å². The number of piperazine rings is 1. The maximum absolute atomic E-state index is 12.4. The van der Waals surface area contributed by atoms with Crippen LogP contribution in [0, 0.1) is 0 Å². The van der Waals surface area contributed by atoms with Crippen LogP contribution < -0.4 is 16.8 Å². The molecule has 0 aliphatic carbocycles. The molecule has 1 fully saturated rings. The largest absolute Gasteiger partial charge is 0.480 e. The maximum atomic E-state index is 12.4. The first kappa shape index (κ1) is 22.7. The van der Waals surface area contributed by atoms with Crippen molar-refractivity contribution in [2.24, 2.45) is 16.5 Å². The molecule has 0 radical (unpaired) electrons. The summed E-state index contributed by atoms with van der Waals surface area (Å²) in [5.74, 6) is -2.61. The summed E-state index contributed by atoms with van der Waals surface area (Å²) in [5.41, 5.74) is 11.3. The highest BCUT2D eigenvalue weighted by Gasteiger charge is 2.31. The summed E-state index contributed by atoms with van der Waals surface area (Å²) in [5, 5.41) is 11.6. The first-order valence-corrected chi connectivity index (χ1v) is 9.43. The Bertz CT molecular complexity index is 809. The van der Waals surface area contributed by atoms with Gasteiger partial charge in [0.25, 0.3) is 0 Å². The molecule has 6 N–H and O–H groups in total. The van der Waals surface area contributed by atoms with E-state index < -0.39 is 17.9 Å². The molecule has 0 bridgehead atoms. The molecular weight excluding hydrogens is 392 g/mol. The van der Waals surface area contributed by atoms with E-state index in [1.807, 2.05) is 30.3 Å². The van der Waals surface area contributed by atoms with Crippen molar-refractivity contribution in [2.45, 2.75) is 25.4 Å². The van der Waals surface area contributed by atoms with Crippen molar-refractivity contribution in [3.05, 3.63) is 35.9 Å². The van der Waals surface area contributed by atoms with Gasteiger partial charge in [0, 0.05) is 13.1 Å². The number of carbonyl (C=O) groups is 4. The van der Waals surface area contributed by atoms with Crippen LogP contribution >= 0.6 is 0 Å². The summed E-state index contributed by atoms with van der Waals surface area (Å²) >= 11 is 0. The number of rotatable bonds is 10. The van der Waals surface area contributed by atoms with Crippen LogP contribution in [0.2, 0.25) is 0 Å². The Kier molecular flexibility index (Phi) is 8.15. The molecule has 2 rings (SSSR count). The molecule has 11 heteroatoms. The van der Waals surface area contributed by atoms with Gasteiger partial charge in [0.05, 0.1) is 0 Å². The third kappa shape index (κ3) is 7.08. The average molecular weight is 418 g/mol. The van der Waals surface area contributed by atoms with Gasteiger partial charge in [0.2, 0.25) is 17.7 Å². The van der Waals surface area contributed by atoms with Gasteiger partial charge < -0.3 is 31.7 Å². The highest BCUT2D eigenvalue weighted by Crippen LogP contribution is 2.10. The fraction of sp³-hybridized carbons (Fsp3) is 0.421. The van der Waals surface area contributed by atoms with Gasteiger partial charge in [-0.2, -0.15) is 0 Å². The predicted octanol–water partition coefficient (Wildman–Crippen LogP) is -1.52. The quantitative estimate of drug-likeness (QED) is 0.203. The summed E-state index contributed by atoms with van der Waals surface area (Å²) in [7, 11) is 0. The number of benzene rings is 1. The number of guanidine groups is 1. The molecule has 30 heavy (non-hydrogen) atoms. The molecule has 11 nitrogen and oxygen atoms in total. The van der Waals surface area contributed by atoms with Gasteiger partial charge in [-0.3, -0.25) is 19.4 Å². The van der Waals surface area contributed by atoms with Crippen LogP contribution in [0.25, 0.3) is 0 Å². The second-order valence-corrected chi connectivity index (χ2v) is 6.89. The first-order valence-electron chi connectivity index (χ1n) is 9.43. The number of hydrogen-bond donors (Lipinski definition) is 4. The fourth-order valence-electron chi connectivity index (χ4n) is 2.97.